The van der Waals surface area contributed by atoms with Crippen molar-refractivity contribution in [1.29, 1.82) is 0 Å². The third kappa shape index (κ3) is 3.10. The average Bonchev–Trinajstić information content (AvgIpc) is 3.37. The molecule has 0 aliphatic carbocycles. The van der Waals surface area contributed by atoms with Gasteiger partial charge in [0, 0.05) is 49.9 Å². The Balaban J connectivity index is 1.72. The molecule has 1 aliphatic heterocycles. The van der Waals surface area contributed by atoms with Crippen molar-refractivity contribution in [2.75, 3.05) is 11.9 Å². The maximum Gasteiger partial charge on any atom is 0.227 e. The second-order valence-corrected chi connectivity index (χ2v) is 7.68. The van der Waals surface area contributed by atoms with Crippen molar-refractivity contribution in [2.24, 2.45) is 0 Å². The van der Waals surface area contributed by atoms with Gasteiger partial charge in [-0.25, -0.2) is 4.98 Å². The van der Waals surface area contributed by atoms with E-state index in [2.05, 4.69) is 19.9 Å². The van der Waals surface area contributed by atoms with Crippen molar-refractivity contribution < 1.29 is 9.90 Å². The first kappa shape index (κ1) is 19.1. The molecule has 1 amide bonds. The topological polar surface area (TPSA) is 95.0 Å². The molecule has 7 heteroatoms. The van der Waals surface area contributed by atoms with E-state index < -0.39 is 5.60 Å². The number of nitrogens with one attached hydrogen (secondary N) is 1. The second kappa shape index (κ2) is 7.45. The lowest BCUT2D eigenvalue weighted by Gasteiger charge is -2.35. The largest absolute Gasteiger partial charge is 0.374 e. The van der Waals surface area contributed by atoms with Crippen molar-refractivity contribution in [3.63, 3.8) is 0 Å². The van der Waals surface area contributed by atoms with Gasteiger partial charge in [-0.15, -0.1) is 0 Å². The molecule has 5 rings (SSSR count). The van der Waals surface area contributed by atoms with Gasteiger partial charge in [-0.3, -0.25) is 14.8 Å². The number of H-pyrrole nitrogens is 1. The first-order chi connectivity index (χ1) is 15.1. The molecule has 7 nitrogen and oxygen atoms in total. The Morgan fingerprint density at radius 2 is 1.71 bits per heavy atom. The number of aromatic amines is 1. The van der Waals surface area contributed by atoms with Crippen molar-refractivity contribution in [1.82, 2.24) is 19.9 Å². The zero-order valence-corrected chi connectivity index (χ0v) is 16.9. The summed E-state index contributed by atoms with van der Waals surface area (Å²) >= 11 is 0. The van der Waals surface area contributed by atoms with Gasteiger partial charge in [0.2, 0.25) is 5.91 Å². The van der Waals surface area contributed by atoms with E-state index in [1.165, 1.54) is 0 Å². The summed E-state index contributed by atoms with van der Waals surface area (Å²) in [4.78, 5) is 29.7. The van der Waals surface area contributed by atoms with Crippen LogP contribution < -0.4 is 4.90 Å². The Morgan fingerprint density at radius 3 is 2.39 bits per heavy atom. The number of carbonyl (C=O) groups excluding carboxylic acids is 1. The Bertz CT molecular complexity index is 1210. The minimum atomic E-state index is -1.45. The lowest BCUT2D eigenvalue weighted by molar-refractivity contribution is -0.118. The number of carbonyl (C=O) groups is 1. The molecule has 0 bridgehead atoms. The number of rotatable bonds is 4. The third-order valence-electron chi connectivity index (χ3n) is 6.03. The minimum Gasteiger partial charge on any atom is -0.374 e. The van der Waals surface area contributed by atoms with E-state index in [1.54, 1.807) is 61.4 Å². The number of fused-ring (bicyclic) bond motifs is 1. The van der Waals surface area contributed by atoms with Crippen LogP contribution in [-0.2, 0) is 10.4 Å². The first-order valence-corrected chi connectivity index (χ1v) is 10.0. The summed E-state index contributed by atoms with van der Waals surface area (Å²) in [5.74, 6) is -0.0647. The second-order valence-electron chi connectivity index (χ2n) is 7.68. The number of anilines is 1. The maximum atomic E-state index is 12.7. The number of benzene rings is 1. The van der Waals surface area contributed by atoms with Crippen molar-refractivity contribution in [2.45, 2.75) is 17.9 Å². The molecule has 4 heterocycles. The van der Waals surface area contributed by atoms with E-state index in [-0.39, 0.29) is 11.8 Å². The van der Waals surface area contributed by atoms with Crippen molar-refractivity contribution in [3.05, 3.63) is 108 Å². The summed E-state index contributed by atoms with van der Waals surface area (Å²) in [6, 6.07) is 13.2. The number of pyridine rings is 2. The molecule has 2 unspecified atom stereocenters. The van der Waals surface area contributed by atoms with Crippen LogP contribution in [0.1, 0.15) is 40.3 Å². The molecule has 154 valence electrons. The van der Waals surface area contributed by atoms with Gasteiger partial charge < -0.3 is 15.0 Å². The summed E-state index contributed by atoms with van der Waals surface area (Å²) in [6.45, 7) is 0. The normalized spacial score (nSPS) is 17.8. The highest BCUT2D eigenvalue weighted by Gasteiger charge is 2.38. The molecule has 1 aliphatic rings. The molecule has 2 atom stereocenters. The Morgan fingerprint density at radius 1 is 1.00 bits per heavy atom. The summed E-state index contributed by atoms with van der Waals surface area (Å²) in [5, 5.41) is 12.0. The Kier molecular flexibility index (Phi) is 4.60. The highest BCUT2D eigenvalue weighted by molar-refractivity contribution is 5.97. The molecule has 4 aromatic rings. The SMILES string of the molecule is CN1C(=O)CC(c2ccncc2)c2cc(C(O)(c3ccncc3)c3cnc[nH]3)ccc21. The smallest absolute Gasteiger partial charge is 0.227 e. The van der Waals surface area contributed by atoms with Crippen LogP contribution in [0.4, 0.5) is 5.69 Å². The number of aliphatic hydroxyl groups is 1. The van der Waals surface area contributed by atoms with E-state index in [0.29, 0.717) is 23.2 Å². The number of hydrogen-bond donors (Lipinski definition) is 2. The number of hydrogen-bond acceptors (Lipinski definition) is 5. The van der Waals surface area contributed by atoms with Crippen LogP contribution in [0, 0.1) is 0 Å². The number of amides is 1. The van der Waals surface area contributed by atoms with Gasteiger partial charge in [0.05, 0.1) is 18.2 Å². The van der Waals surface area contributed by atoms with E-state index in [1.807, 2.05) is 30.3 Å². The van der Waals surface area contributed by atoms with Crippen molar-refractivity contribution in [3.8, 4) is 0 Å². The van der Waals surface area contributed by atoms with E-state index in [9.17, 15) is 9.90 Å². The van der Waals surface area contributed by atoms with Crippen LogP contribution in [0.25, 0.3) is 0 Å². The lowest BCUT2D eigenvalue weighted by Crippen LogP contribution is -2.35. The molecular formula is C24H21N5O2. The van der Waals surface area contributed by atoms with Gasteiger partial charge in [0.25, 0.3) is 0 Å². The van der Waals surface area contributed by atoms with E-state index >= 15 is 0 Å². The molecule has 0 spiro atoms. The number of nitrogens with zero attached hydrogens (tertiary/aromatic N) is 4. The minimum absolute atomic E-state index is 0.0556. The summed E-state index contributed by atoms with van der Waals surface area (Å²) in [7, 11) is 1.79. The molecule has 31 heavy (non-hydrogen) atoms. The van der Waals surface area contributed by atoms with Gasteiger partial charge in [0.1, 0.15) is 0 Å². The van der Waals surface area contributed by atoms with Gasteiger partial charge in [-0.1, -0.05) is 6.07 Å². The molecular weight excluding hydrogens is 390 g/mol. The van der Waals surface area contributed by atoms with E-state index in [0.717, 1.165) is 16.8 Å². The number of aromatic nitrogens is 4. The standard InChI is InChI=1S/C24H21N5O2/c1-29-21-3-2-18(12-20(21)19(13-23(29)30)16-4-8-25-9-5-16)24(31,22-14-27-15-28-22)17-6-10-26-11-7-17/h2-12,14-15,19,31H,13H2,1H3,(H,27,28). The van der Waals surface area contributed by atoms with Gasteiger partial charge in [0.15, 0.2) is 5.60 Å². The van der Waals surface area contributed by atoms with Crippen LogP contribution in [0.5, 0.6) is 0 Å². The predicted octanol–water partition coefficient (Wildman–Crippen LogP) is 2.98. The van der Waals surface area contributed by atoms with Crippen molar-refractivity contribution >= 4 is 11.6 Å². The maximum absolute atomic E-state index is 12.7. The zero-order chi connectivity index (χ0) is 21.4. The molecule has 0 fully saturated rings. The lowest BCUT2D eigenvalue weighted by atomic mass is 9.79. The quantitative estimate of drug-likeness (QED) is 0.538. The third-order valence-corrected chi connectivity index (χ3v) is 6.03. The van der Waals surface area contributed by atoms with Gasteiger partial charge in [-0.2, -0.15) is 0 Å². The van der Waals surface area contributed by atoms with Crippen LogP contribution in [0.15, 0.2) is 79.8 Å². The Hall–Kier alpha value is -3.84. The Labute approximate surface area is 179 Å². The molecule has 3 aromatic heterocycles. The highest BCUT2D eigenvalue weighted by atomic mass is 16.3. The fourth-order valence-electron chi connectivity index (χ4n) is 4.34. The molecule has 1 aromatic carbocycles. The monoisotopic (exact) mass is 411 g/mol. The summed E-state index contributed by atoms with van der Waals surface area (Å²) < 4.78 is 0. The van der Waals surface area contributed by atoms with Crippen LogP contribution in [-0.4, -0.2) is 38.0 Å². The molecule has 0 radical (unpaired) electrons. The average molecular weight is 411 g/mol. The molecule has 0 saturated heterocycles. The van der Waals surface area contributed by atoms with E-state index in [4.69, 9.17) is 0 Å². The summed E-state index contributed by atoms with van der Waals surface area (Å²) in [6.07, 6.45) is 10.3. The zero-order valence-electron chi connectivity index (χ0n) is 16.9. The highest BCUT2D eigenvalue weighted by Crippen LogP contribution is 2.43. The number of imidazole rings is 1. The summed E-state index contributed by atoms with van der Waals surface area (Å²) in [5.41, 5.74) is 3.30. The molecule has 2 N–H and O–H groups in total. The fraction of sp³-hybridized carbons (Fsp3) is 0.167. The predicted molar refractivity (Wildman–Crippen MR) is 115 cm³/mol. The van der Waals surface area contributed by atoms with Crippen LogP contribution >= 0.6 is 0 Å². The molecule has 0 saturated carbocycles. The van der Waals surface area contributed by atoms with Gasteiger partial charge in [-0.05, 0) is 58.7 Å². The fourth-order valence-corrected chi connectivity index (χ4v) is 4.34. The van der Waals surface area contributed by atoms with Crippen LogP contribution in [0.3, 0.4) is 0 Å². The first-order valence-electron chi connectivity index (χ1n) is 10.0. The van der Waals surface area contributed by atoms with Crippen LogP contribution in [0.2, 0.25) is 0 Å². The van der Waals surface area contributed by atoms with Gasteiger partial charge >= 0.3 is 0 Å².